The van der Waals surface area contributed by atoms with E-state index in [2.05, 4.69) is 13.0 Å². The molecule has 0 bridgehead atoms. The number of hydrogen-bond acceptors (Lipinski definition) is 7. The van der Waals surface area contributed by atoms with Crippen molar-refractivity contribution < 1.29 is 24.9 Å². The molecule has 0 spiro atoms. The van der Waals surface area contributed by atoms with Crippen molar-refractivity contribution in [2.45, 2.75) is 89.8 Å². The molecular formula is C26H39NO5S. The Hall–Kier alpha value is -1.46. The summed E-state index contributed by atoms with van der Waals surface area (Å²) >= 11 is 1.35. The predicted octanol–water partition coefficient (Wildman–Crippen LogP) is 4.47. The molecule has 5 atom stereocenters. The van der Waals surface area contributed by atoms with Gasteiger partial charge in [-0.05, 0) is 92.0 Å². The summed E-state index contributed by atoms with van der Waals surface area (Å²) in [6.45, 7) is 1.99. The second kappa shape index (κ2) is 12.3. The first-order valence-corrected chi connectivity index (χ1v) is 13.4. The lowest BCUT2D eigenvalue weighted by Crippen LogP contribution is -2.40. The van der Waals surface area contributed by atoms with E-state index in [0.29, 0.717) is 11.3 Å². The largest absolute Gasteiger partial charge is 0.459 e. The fourth-order valence-corrected chi connectivity index (χ4v) is 6.77. The van der Waals surface area contributed by atoms with Crippen molar-refractivity contribution in [3.63, 3.8) is 0 Å². The lowest BCUT2D eigenvalue weighted by atomic mass is 9.62. The van der Waals surface area contributed by atoms with Gasteiger partial charge in [0.2, 0.25) is 0 Å². The van der Waals surface area contributed by atoms with Crippen molar-refractivity contribution >= 4 is 17.3 Å². The van der Waals surface area contributed by atoms with Crippen LogP contribution in [-0.2, 0) is 11.2 Å². The molecule has 1 aromatic rings. The van der Waals surface area contributed by atoms with Crippen LogP contribution >= 0.6 is 11.3 Å². The number of aliphatic hydroxyl groups excluding tert-OH is 3. The van der Waals surface area contributed by atoms with Gasteiger partial charge in [0.25, 0.3) is 0 Å². The van der Waals surface area contributed by atoms with Crippen LogP contribution < -0.4 is 0 Å². The Labute approximate surface area is 201 Å². The van der Waals surface area contributed by atoms with Gasteiger partial charge in [-0.1, -0.05) is 19.8 Å². The lowest BCUT2D eigenvalue weighted by Gasteiger charge is -2.45. The molecule has 2 aliphatic rings. The Morgan fingerprint density at radius 2 is 2.09 bits per heavy atom. The van der Waals surface area contributed by atoms with Crippen molar-refractivity contribution in [2.24, 2.45) is 23.2 Å². The highest BCUT2D eigenvalue weighted by molar-refractivity contribution is 7.12. The first-order chi connectivity index (χ1) is 15.9. The van der Waals surface area contributed by atoms with E-state index in [1.165, 1.54) is 17.8 Å². The fraction of sp³-hybridized carbons (Fsp3) is 0.769. The van der Waals surface area contributed by atoms with Crippen LogP contribution in [0.1, 0.15) is 86.4 Å². The molecule has 7 heteroatoms. The number of aryl methyl sites for hydroxylation is 1. The highest BCUT2D eigenvalue weighted by Crippen LogP contribution is 2.48. The molecule has 0 aliphatic heterocycles. The topological polar surface area (TPSA) is 111 Å². The average Bonchev–Trinajstić information content (AvgIpc) is 3.37. The van der Waals surface area contributed by atoms with Gasteiger partial charge in [0.05, 0.1) is 30.8 Å². The molecule has 0 amide bonds. The summed E-state index contributed by atoms with van der Waals surface area (Å²) < 4.78 is 4.96. The minimum Gasteiger partial charge on any atom is -0.459 e. The zero-order valence-electron chi connectivity index (χ0n) is 19.7. The Balaban J connectivity index is 1.48. The van der Waals surface area contributed by atoms with Gasteiger partial charge >= 0.3 is 5.97 Å². The number of carbonyl (C=O) groups is 1. The van der Waals surface area contributed by atoms with Crippen LogP contribution in [0.3, 0.4) is 0 Å². The molecule has 2 fully saturated rings. The molecule has 33 heavy (non-hydrogen) atoms. The fourth-order valence-electron chi connectivity index (χ4n) is 5.94. The second-order valence-electron chi connectivity index (χ2n) is 9.95. The minimum atomic E-state index is -0.435. The number of nitrogens with zero attached hydrogens (tertiary/aromatic N) is 1. The SMILES string of the molecule is CCC1(C(O)CCC[C@@H]2[C@@H](CCCc3csc(C(=O)OCCO)c3)[C@H](C#N)C[C@H]2O)CCC1. The van der Waals surface area contributed by atoms with Crippen LogP contribution in [0.5, 0.6) is 0 Å². The average molecular weight is 478 g/mol. The maximum atomic E-state index is 11.9. The summed E-state index contributed by atoms with van der Waals surface area (Å²) in [7, 11) is 0. The highest BCUT2D eigenvalue weighted by atomic mass is 32.1. The van der Waals surface area contributed by atoms with Crippen LogP contribution in [0, 0.1) is 34.5 Å². The number of aliphatic hydroxyl groups is 3. The molecule has 0 aromatic carbocycles. The van der Waals surface area contributed by atoms with Crippen LogP contribution in [-0.4, -0.2) is 46.7 Å². The van der Waals surface area contributed by atoms with E-state index < -0.39 is 12.1 Å². The molecule has 1 aromatic heterocycles. The quantitative estimate of drug-likeness (QED) is 0.362. The Kier molecular flexibility index (Phi) is 9.75. The van der Waals surface area contributed by atoms with E-state index >= 15 is 0 Å². The van der Waals surface area contributed by atoms with E-state index in [1.807, 2.05) is 11.4 Å². The van der Waals surface area contributed by atoms with E-state index in [9.17, 15) is 20.3 Å². The number of thiophene rings is 1. The molecule has 0 saturated heterocycles. The van der Waals surface area contributed by atoms with Crippen LogP contribution in [0.2, 0.25) is 0 Å². The molecule has 0 radical (unpaired) electrons. The Morgan fingerprint density at radius 1 is 1.33 bits per heavy atom. The van der Waals surface area contributed by atoms with Crippen LogP contribution in [0.25, 0.3) is 0 Å². The van der Waals surface area contributed by atoms with Crippen molar-refractivity contribution in [1.29, 1.82) is 5.26 Å². The number of esters is 1. The maximum absolute atomic E-state index is 11.9. The van der Waals surface area contributed by atoms with Gasteiger partial charge in [0, 0.05) is 0 Å². The monoisotopic (exact) mass is 477 g/mol. The normalized spacial score (nSPS) is 27.0. The maximum Gasteiger partial charge on any atom is 0.348 e. The van der Waals surface area contributed by atoms with Crippen molar-refractivity contribution in [2.75, 3.05) is 13.2 Å². The van der Waals surface area contributed by atoms with Crippen molar-refractivity contribution in [1.82, 2.24) is 0 Å². The van der Waals surface area contributed by atoms with Crippen LogP contribution in [0.4, 0.5) is 0 Å². The number of carbonyl (C=O) groups excluding carboxylic acids is 1. The number of hydrogen-bond donors (Lipinski definition) is 3. The van der Waals surface area contributed by atoms with Crippen molar-refractivity contribution in [3.8, 4) is 6.07 Å². The van der Waals surface area contributed by atoms with E-state index in [-0.39, 0.29) is 42.5 Å². The lowest BCUT2D eigenvalue weighted by molar-refractivity contribution is -0.0444. The molecular weight excluding hydrogens is 438 g/mol. The van der Waals surface area contributed by atoms with Gasteiger partial charge in [0.1, 0.15) is 11.5 Å². The Morgan fingerprint density at radius 3 is 2.73 bits per heavy atom. The van der Waals surface area contributed by atoms with E-state index in [0.717, 1.165) is 63.4 Å². The molecule has 184 valence electrons. The number of nitriles is 1. The van der Waals surface area contributed by atoms with E-state index in [1.54, 1.807) is 0 Å². The van der Waals surface area contributed by atoms with Gasteiger partial charge < -0.3 is 20.1 Å². The molecule has 1 heterocycles. The molecule has 3 N–H and O–H groups in total. The summed E-state index contributed by atoms with van der Waals surface area (Å²) in [5, 5.41) is 41.8. The molecule has 2 saturated carbocycles. The van der Waals surface area contributed by atoms with Gasteiger partial charge in [-0.25, -0.2) is 4.79 Å². The van der Waals surface area contributed by atoms with Gasteiger partial charge in [-0.15, -0.1) is 11.3 Å². The number of rotatable bonds is 13. The van der Waals surface area contributed by atoms with Gasteiger partial charge in [0.15, 0.2) is 0 Å². The third kappa shape index (κ3) is 6.36. The summed E-state index contributed by atoms with van der Waals surface area (Å²) in [6, 6.07) is 4.27. The molecule has 2 aliphatic carbocycles. The summed E-state index contributed by atoms with van der Waals surface area (Å²) in [5.74, 6) is -0.223. The molecule has 3 rings (SSSR count). The summed E-state index contributed by atoms with van der Waals surface area (Å²) in [5.41, 5.74) is 1.19. The molecule has 1 unspecified atom stereocenters. The highest BCUT2D eigenvalue weighted by Gasteiger charge is 2.43. The summed E-state index contributed by atoms with van der Waals surface area (Å²) in [6.07, 6.45) is 9.48. The third-order valence-corrected chi connectivity index (χ3v) is 9.14. The van der Waals surface area contributed by atoms with Gasteiger partial charge in [-0.3, -0.25) is 0 Å². The first-order valence-electron chi connectivity index (χ1n) is 12.5. The predicted molar refractivity (Wildman–Crippen MR) is 128 cm³/mol. The Bertz CT molecular complexity index is 793. The van der Waals surface area contributed by atoms with E-state index in [4.69, 9.17) is 9.84 Å². The zero-order valence-corrected chi connectivity index (χ0v) is 20.6. The molecule has 6 nitrogen and oxygen atoms in total. The van der Waals surface area contributed by atoms with Crippen molar-refractivity contribution in [3.05, 3.63) is 21.9 Å². The third-order valence-electron chi connectivity index (χ3n) is 8.18. The van der Waals surface area contributed by atoms with Gasteiger partial charge in [-0.2, -0.15) is 5.26 Å². The smallest absolute Gasteiger partial charge is 0.348 e. The minimum absolute atomic E-state index is 0.00344. The van der Waals surface area contributed by atoms with Crippen LogP contribution in [0.15, 0.2) is 11.4 Å². The number of ether oxygens (including phenoxy) is 1. The first kappa shape index (κ1) is 26.2. The standard InChI is InChI=1S/C26H39NO5S/c1-2-26(10-5-11-26)24(30)9-4-8-21-20(19(16-27)15-22(21)29)7-3-6-18-14-23(33-17-18)25(31)32-13-12-28/h14,17,19-22,24,28-30H,2-13,15H2,1H3/t19-,20-,21+,22+,24?/m0/s1. The zero-order chi connectivity index (χ0) is 23.8. The second-order valence-corrected chi connectivity index (χ2v) is 10.9. The summed E-state index contributed by atoms with van der Waals surface area (Å²) in [4.78, 5) is 12.4.